The molecule has 5 heteroatoms. The Kier molecular flexibility index (Phi) is 6.99. The fourth-order valence-corrected chi connectivity index (χ4v) is 2.90. The van der Waals surface area contributed by atoms with Gasteiger partial charge >= 0.3 is 12.0 Å². The lowest BCUT2D eigenvalue weighted by Crippen LogP contribution is -2.59. The van der Waals surface area contributed by atoms with Gasteiger partial charge in [0, 0.05) is 6.04 Å². The quantitative estimate of drug-likeness (QED) is 0.631. The first kappa shape index (κ1) is 17.8. The molecule has 1 atom stereocenters. The molecule has 2 amide bonds. The molecule has 0 spiro atoms. The van der Waals surface area contributed by atoms with Crippen LogP contribution in [-0.4, -0.2) is 28.7 Å². The fourth-order valence-electron chi connectivity index (χ4n) is 2.90. The van der Waals surface area contributed by atoms with Crippen molar-refractivity contribution in [1.82, 2.24) is 10.6 Å². The highest BCUT2D eigenvalue weighted by Crippen LogP contribution is 2.32. The first-order valence-electron chi connectivity index (χ1n) is 8.21. The number of rotatable bonds is 7. The Balaban J connectivity index is 2.48. The molecule has 122 valence electrons. The van der Waals surface area contributed by atoms with Gasteiger partial charge in [0.1, 0.15) is 5.54 Å². The molecule has 0 radical (unpaired) electrons. The van der Waals surface area contributed by atoms with E-state index < -0.39 is 11.5 Å². The third-order valence-electron chi connectivity index (χ3n) is 4.51. The van der Waals surface area contributed by atoms with Crippen molar-refractivity contribution in [3.63, 3.8) is 0 Å². The number of carboxylic acid groups (broad SMARTS) is 1. The van der Waals surface area contributed by atoms with Gasteiger partial charge in [-0.3, -0.25) is 0 Å². The van der Waals surface area contributed by atoms with Gasteiger partial charge in [0.05, 0.1) is 0 Å². The maximum Gasteiger partial charge on any atom is 0.329 e. The summed E-state index contributed by atoms with van der Waals surface area (Å²) in [5, 5.41) is 15.1. The van der Waals surface area contributed by atoms with Crippen LogP contribution in [0.3, 0.4) is 0 Å². The van der Waals surface area contributed by atoms with Crippen LogP contribution in [-0.2, 0) is 4.79 Å². The Morgan fingerprint density at radius 3 is 2.43 bits per heavy atom. The summed E-state index contributed by atoms with van der Waals surface area (Å²) in [6.45, 7) is 6.23. The number of hydrogen-bond acceptors (Lipinski definition) is 2. The lowest BCUT2D eigenvalue weighted by molar-refractivity contribution is -0.146. The van der Waals surface area contributed by atoms with Crippen molar-refractivity contribution in [3.8, 4) is 0 Å². The smallest absolute Gasteiger partial charge is 0.329 e. The van der Waals surface area contributed by atoms with Gasteiger partial charge in [0.2, 0.25) is 0 Å². The average molecular weight is 298 g/mol. The minimum absolute atomic E-state index is 0.0740. The second-order valence-corrected chi connectivity index (χ2v) is 6.57. The van der Waals surface area contributed by atoms with E-state index in [4.69, 9.17) is 0 Å². The van der Waals surface area contributed by atoms with E-state index in [1.807, 2.05) is 6.92 Å². The van der Waals surface area contributed by atoms with Crippen LogP contribution in [0, 0.1) is 5.92 Å². The van der Waals surface area contributed by atoms with Gasteiger partial charge in [-0.05, 0) is 44.9 Å². The molecule has 1 saturated carbocycles. The Hall–Kier alpha value is -1.26. The maximum atomic E-state index is 12.1. The van der Waals surface area contributed by atoms with Crippen molar-refractivity contribution >= 4 is 12.0 Å². The van der Waals surface area contributed by atoms with Gasteiger partial charge in [-0.1, -0.05) is 33.1 Å². The van der Waals surface area contributed by atoms with E-state index in [-0.39, 0.29) is 12.1 Å². The summed E-state index contributed by atoms with van der Waals surface area (Å²) >= 11 is 0. The number of carbonyl (C=O) groups is 2. The summed E-state index contributed by atoms with van der Waals surface area (Å²) in [6, 6.07) is -0.277. The van der Waals surface area contributed by atoms with E-state index in [2.05, 4.69) is 24.5 Å². The summed E-state index contributed by atoms with van der Waals surface area (Å²) < 4.78 is 0. The van der Waals surface area contributed by atoms with Crippen molar-refractivity contribution in [3.05, 3.63) is 0 Å². The molecule has 5 nitrogen and oxygen atoms in total. The molecule has 21 heavy (non-hydrogen) atoms. The molecule has 3 N–H and O–H groups in total. The molecule has 1 fully saturated rings. The minimum Gasteiger partial charge on any atom is -0.480 e. The highest BCUT2D eigenvalue weighted by Gasteiger charge is 2.42. The Labute approximate surface area is 127 Å². The normalized spacial score (nSPS) is 26.9. The second kappa shape index (κ2) is 8.25. The summed E-state index contributed by atoms with van der Waals surface area (Å²) in [6.07, 6.45) is 7.04. The predicted octanol–water partition coefficient (Wildman–Crippen LogP) is 3.29. The van der Waals surface area contributed by atoms with Gasteiger partial charge in [-0.25, -0.2) is 9.59 Å². The zero-order valence-electron chi connectivity index (χ0n) is 13.6. The summed E-state index contributed by atoms with van der Waals surface area (Å²) in [5.41, 5.74) is -1.08. The average Bonchev–Trinajstić information content (AvgIpc) is 2.41. The van der Waals surface area contributed by atoms with Crippen molar-refractivity contribution in [1.29, 1.82) is 0 Å². The Morgan fingerprint density at radius 2 is 1.90 bits per heavy atom. The molecular weight excluding hydrogens is 268 g/mol. The minimum atomic E-state index is -1.08. The van der Waals surface area contributed by atoms with Crippen LogP contribution < -0.4 is 10.6 Å². The van der Waals surface area contributed by atoms with E-state index in [0.29, 0.717) is 18.8 Å². The maximum absolute atomic E-state index is 12.1. The molecule has 1 unspecified atom stereocenters. The number of aliphatic carboxylic acids is 1. The lowest BCUT2D eigenvalue weighted by Gasteiger charge is -2.36. The molecule has 0 aliphatic heterocycles. The first-order chi connectivity index (χ1) is 9.89. The molecule has 1 aliphatic carbocycles. The van der Waals surface area contributed by atoms with Crippen LogP contribution in [0.15, 0.2) is 0 Å². The molecule has 0 aromatic rings. The zero-order chi connectivity index (χ0) is 15.9. The van der Waals surface area contributed by atoms with Gasteiger partial charge < -0.3 is 15.7 Å². The number of amides is 2. The topological polar surface area (TPSA) is 78.4 Å². The van der Waals surface area contributed by atoms with Crippen LogP contribution in [0.25, 0.3) is 0 Å². The molecular formula is C16H30N2O3. The van der Waals surface area contributed by atoms with Crippen molar-refractivity contribution in [2.45, 2.75) is 83.7 Å². The summed E-state index contributed by atoms with van der Waals surface area (Å²) in [7, 11) is 0. The lowest BCUT2D eigenvalue weighted by atomic mass is 9.77. The molecule has 0 saturated heterocycles. The van der Waals surface area contributed by atoms with Crippen molar-refractivity contribution in [2.75, 3.05) is 0 Å². The molecule has 0 aromatic carbocycles. The van der Waals surface area contributed by atoms with Gasteiger partial charge in [-0.2, -0.15) is 0 Å². The Bertz CT molecular complexity index is 349. The van der Waals surface area contributed by atoms with E-state index in [1.165, 1.54) is 0 Å². The largest absolute Gasteiger partial charge is 0.480 e. The number of hydrogen-bond donors (Lipinski definition) is 3. The van der Waals surface area contributed by atoms with Gasteiger partial charge in [0.25, 0.3) is 0 Å². The van der Waals surface area contributed by atoms with Crippen LogP contribution in [0.4, 0.5) is 4.79 Å². The monoisotopic (exact) mass is 298 g/mol. The van der Waals surface area contributed by atoms with E-state index >= 15 is 0 Å². The molecule has 1 aliphatic rings. The first-order valence-corrected chi connectivity index (χ1v) is 8.21. The highest BCUT2D eigenvalue weighted by atomic mass is 16.4. The van der Waals surface area contributed by atoms with Crippen molar-refractivity contribution in [2.24, 2.45) is 5.92 Å². The second-order valence-electron chi connectivity index (χ2n) is 6.57. The van der Waals surface area contributed by atoms with Crippen LogP contribution in [0.1, 0.15) is 72.1 Å². The fraction of sp³-hybridized carbons (Fsp3) is 0.875. The van der Waals surface area contributed by atoms with E-state index in [0.717, 1.165) is 38.5 Å². The number of nitrogens with one attached hydrogen (secondary N) is 2. The standard InChI is InChI=1S/C16H30N2O3/c1-4-5-6-7-13(3)17-15(21)18-16(14(19)20)10-8-12(2)9-11-16/h12-13H,4-11H2,1-3H3,(H,19,20)(H2,17,18,21). The SMILES string of the molecule is CCCCCC(C)NC(=O)NC1(C(=O)O)CCC(C)CC1. The highest BCUT2D eigenvalue weighted by molar-refractivity contribution is 5.86. The number of carboxylic acids is 1. The number of urea groups is 1. The van der Waals surface area contributed by atoms with Crippen LogP contribution >= 0.6 is 0 Å². The van der Waals surface area contributed by atoms with E-state index in [1.54, 1.807) is 0 Å². The Morgan fingerprint density at radius 1 is 1.29 bits per heavy atom. The van der Waals surface area contributed by atoms with Crippen LogP contribution in [0.5, 0.6) is 0 Å². The van der Waals surface area contributed by atoms with Crippen LogP contribution in [0.2, 0.25) is 0 Å². The molecule has 0 aromatic heterocycles. The zero-order valence-corrected chi connectivity index (χ0v) is 13.6. The number of unbranched alkanes of at least 4 members (excludes halogenated alkanes) is 2. The van der Waals surface area contributed by atoms with Crippen molar-refractivity contribution < 1.29 is 14.7 Å². The number of carbonyl (C=O) groups excluding carboxylic acids is 1. The molecule has 0 bridgehead atoms. The third-order valence-corrected chi connectivity index (χ3v) is 4.51. The molecule has 1 rings (SSSR count). The predicted molar refractivity (Wildman–Crippen MR) is 83.3 cm³/mol. The summed E-state index contributed by atoms with van der Waals surface area (Å²) in [4.78, 5) is 23.6. The summed E-state index contributed by atoms with van der Waals surface area (Å²) in [5.74, 6) is -0.376. The molecule has 0 heterocycles. The van der Waals surface area contributed by atoms with Gasteiger partial charge in [0.15, 0.2) is 0 Å². The van der Waals surface area contributed by atoms with E-state index in [9.17, 15) is 14.7 Å². The van der Waals surface area contributed by atoms with Gasteiger partial charge in [-0.15, -0.1) is 0 Å². The third kappa shape index (κ3) is 5.56.